The lowest BCUT2D eigenvalue weighted by atomic mass is 10.2. The summed E-state index contributed by atoms with van der Waals surface area (Å²) in [5, 5.41) is 11.1. The fourth-order valence-corrected chi connectivity index (χ4v) is 5.50. The molecule has 0 aliphatic carbocycles. The van der Waals surface area contributed by atoms with E-state index in [4.69, 9.17) is 4.74 Å². The number of thioether (sulfide) groups is 1. The van der Waals surface area contributed by atoms with Gasteiger partial charge in [0.25, 0.3) is 0 Å². The van der Waals surface area contributed by atoms with E-state index in [1.54, 1.807) is 43.0 Å². The van der Waals surface area contributed by atoms with Crippen LogP contribution in [0.4, 0.5) is 10.8 Å². The minimum atomic E-state index is -3.70. The summed E-state index contributed by atoms with van der Waals surface area (Å²) in [4.78, 5) is 12.9. The van der Waals surface area contributed by atoms with Crippen molar-refractivity contribution in [2.45, 2.75) is 44.0 Å². The van der Waals surface area contributed by atoms with E-state index in [2.05, 4.69) is 22.4 Å². The smallest absolute Gasteiger partial charge is 0.250 e. The molecule has 1 aromatic heterocycles. The van der Waals surface area contributed by atoms with Gasteiger partial charge in [-0.3, -0.25) is 14.4 Å². The van der Waals surface area contributed by atoms with Gasteiger partial charge in [0.15, 0.2) is 4.34 Å². The molecule has 0 unspecified atom stereocenters. The molecule has 11 heteroatoms. The van der Waals surface area contributed by atoms with E-state index in [1.165, 1.54) is 11.3 Å². The maximum absolute atomic E-state index is 12.9. The minimum Gasteiger partial charge on any atom is -0.494 e. The molecule has 2 aromatic rings. The van der Waals surface area contributed by atoms with Gasteiger partial charge >= 0.3 is 0 Å². The Morgan fingerprint density at radius 3 is 2.48 bits per heavy atom. The minimum absolute atomic E-state index is 0.294. The van der Waals surface area contributed by atoms with Crippen molar-refractivity contribution in [2.75, 3.05) is 28.2 Å². The summed E-state index contributed by atoms with van der Waals surface area (Å²) in [6.45, 7) is 6.21. The summed E-state index contributed by atoms with van der Waals surface area (Å²) in [6.07, 6.45) is 2.39. The molecule has 29 heavy (non-hydrogen) atoms. The van der Waals surface area contributed by atoms with E-state index in [0.717, 1.165) is 27.1 Å². The van der Waals surface area contributed by atoms with Gasteiger partial charge in [-0.05, 0) is 44.0 Å². The first-order valence-corrected chi connectivity index (χ1v) is 12.9. The second-order valence-corrected chi connectivity index (χ2v) is 10.3. The Balaban J connectivity index is 2.23. The Labute approximate surface area is 180 Å². The zero-order chi connectivity index (χ0) is 21.4. The number of hydrogen-bond donors (Lipinski definition) is 1. The second-order valence-electron chi connectivity index (χ2n) is 6.12. The Kier molecular flexibility index (Phi) is 8.72. The van der Waals surface area contributed by atoms with Crippen molar-refractivity contribution >= 4 is 49.8 Å². The molecule has 0 bridgehead atoms. The summed E-state index contributed by atoms with van der Waals surface area (Å²) in [6, 6.07) is 5.71. The fraction of sp³-hybridized carbons (Fsp3) is 0.500. The van der Waals surface area contributed by atoms with Crippen LogP contribution < -0.4 is 14.4 Å². The van der Waals surface area contributed by atoms with Crippen LogP contribution in [-0.4, -0.2) is 49.2 Å². The highest BCUT2D eigenvalue weighted by Crippen LogP contribution is 2.28. The van der Waals surface area contributed by atoms with Gasteiger partial charge in [0, 0.05) is 5.75 Å². The van der Waals surface area contributed by atoms with Crippen molar-refractivity contribution in [2.24, 2.45) is 0 Å². The molecule has 1 N–H and O–H groups in total. The van der Waals surface area contributed by atoms with Gasteiger partial charge in [0.2, 0.25) is 21.1 Å². The van der Waals surface area contributed by atoms with E-state index in [-0.39, 0.29) is 0 Å². The predicted octanol–water partition coefficient (Wildman–Crippen LogP) is 3.62. The van der Waals surface area contributed by atoms with Crippen molar-refractivity contribution in [3.8, 4) is 5.75 Å². The van der Waals surface area contributed by atoms with Gasteiger partial charge < -0.3 is 4.74 Å². The van der Waals surface area contributed by atoms with Crippen molar-refractivity contribution < 1.29 is 17.9 Å². The van der Waals surface area contributed by atoms with Gasteiger partial charge in [-0.15, -0.1) is 10.2 Å². The first kappa shape index (κ1) is 23.4. The van der Waals surface area contributed by atoms with E-state index >= 15 is 0 Å². The van der Waals surface area contributed by atoms with Crippen LogP contribution in [0.2, 0.25) is 0 Å². The number of hydrogen-bond acceptors (Lipinski definition) is 8. The summed E-state index contributed by atoms with van der Waals surface area (Å²) in [5.41, 5.74) is 0.398. The topological polar surface area (TPSA) is 101 Å². The Morgan fingerprint density at radius 1 is 1.24 bits per heavy atom. The lowest BCUT2D eigenvalue weighted by molar-refractivity contribution is -0.117. The molecule has 1 atom stereocenters. The van der Waals surface area contributed by atoms with Gasteiger partial charge in [0.1, 0.15) is 11.8 Å². The summed E-state index contributed by atoms with van der Waals surface area (Å²) >= 11 is 2.85. The van der Waals surface area contributed by atoms with Crippen LogP contribution in [0.15, 0.2) is 28.6 Å². The molecule has 0 saturated heterocycles. The summed E-state index contributed by atoms with van der Waals surface area (Å²) in [7, 11) is -3.70. The summed E-state index contributed by atoms with van der Waals surface area (Å²) < 4.78 is 32.3. The Hall–Kier alpha value is -1.85. The molecule has 1 heterocycles. The van der Waals surface area contributed by atoms with E-state index in [9.17, 15) is 13.2 Å². The Morgan fingerprint density at radius 2 is 1.93 bits per heavy atom. The molecule has 2 rings (SSSR count). The number of nitrogens with zero attached hydrogens (tertiary/aromatic N) is 3. The highest BCUT2D eigenvalue weighted by atomic mass is 32.2. The third kappa shape index (κ3) is 6.58. The molecule has 0 saturated carbocycles. The highest BCUT2D eigenvalue weighted by Gasteiger charge is 2.32. The van der Waals surface area contributed by atoms with Crippen LogP contribution in [-0.2, 0) is 14.8 Å². The third-order valence-corrected chi connectivity index (χ3v) is 7.16. The average Bonchev–Trinajstić information content (AvgIpc) is 3.11. The number of carbonyl (C=O) groups is 1. The molecule has 0 aliphatic rings. The van der Waals surface area contributed by atoms with Crippen LogP contribution >= 0.6 is 23.1 Å². The van der Waals surface area contributed by atoms with Crippen LogP contribution in [0.3, 0.4) is 0 Å². The van der Waals surface area contributed by atoms with Crippen molar-refractivity contribution in [3.63, 3.8) is 0 Å². The number of sulfonamides is 1. The number of aromatic nitrogens is 2. The number of rotatable bonds is 11. The summed E-state index contributed by atoms with van der Waals surface area (Å²) in [5.74, 6) is 1.10. The average molecular weight is 459 g/mol. The lowest BCUT2D eigenvalue weighted by Gasteiger charge is -2.29. The normalized spacial score (nSPS) is 12.4. The molecule has 0 fully saturated rings. The number of benzene rings is 1. The predicted molar refractivity (Wildman–Crippen MR) is 119 cm³/mol. The SMILES string of the molecule is CCCSc1nnc(NC(=O)[C@@H](CC)N(c2ccc(OCC)cc2)S(C)(=O)=O)s1. The third-order valence-electron chi connectivity index (χ3n) is 3.80. The largest absolute Gasteiger partial charge is 0.494 e. The lowest BCUT2D eigenvalue weighted by Crippen LogP contribution is -2.47. The zero-order valence-electron chi connectivity index (χ0n) is 16.9. The molecule has 1 amide bonds. The first-order valence-electron chi connectivity index (χ1n) is 9.29. The van der Waals surface area contributed by atoms with Crippen LogP contribution in [0.5, 0.6) is 5.75 Å². The quantitative estimate of drug-likeness (QED) is 0.405. The van der Waals surface area contributed by atoms with Gasteiger partial charge in [0.05, 0.1) is 18.6 Å². The Bertz CT molecular complexity index is 900. The molecule has 0 aliphatic heterocycles. The molecule has 1 aromatic carbocycles. The maximum Gasteiger partial charge on any atom is 0.250 e. The van der Waals surface area contributed by atoms with Gasteiger partial charge in [-0.2, -0.15) is 0 Å². The van der Waals surface area contributed by atoms with E-state index < -0.39 is 22.0 Å². The molecule has 8 nitrogen and oxygen atoms in total. The second kappa shape index (κ2) is 10.8. The number of anilines is 2. The van der Waals surface area contributed by atoms with Crippen molar-refractivity contribution in [1.29, 1.82) is 0 Å². The molecule has 160 valence electrons. The highest BCUT2D eigenvalue weighted by molar-refractivity contribution is 8.01. The van der Waals surface area contributed by atoms with Gasteiger partial charge in [-0.25, -0.2) is 8.42 Å². The molecular weight excluding hydrogens is 432 g/mol. The molecule has 0 radical (unpaired) electrons. The monoisotopic (exact) mass is 458 g/mol. The maximum atomic E-state index is 12.9. The van der Waals surface area contributed by atoms with Crippen LogP contribution in [0.1, 0.15) is 33.6 Å². The molecule has 0 spiro atoms. The van der Waals surface area contributed by atoms with E-state index in [1.807, 2.05) is 6.92 Å². The van der Waals surface area contributed by atoms with Gasteiger partial charge in [-0.1, -0.05) is 36.9 Å². The standard InChI is InChI=1S/C18H26N4O4S3/c1-5-12-27-18-21-20-17(28-18)19-16(23)15(6-2)22(29(4,24)25)13-8-10-14(11-9-13)26-7-3/h8-11,15H,5-7,12H2,1-4H3,(H,19,20,23)/t15-/m1/s1. The number of carbonyl (C=O) groups excluding carboxylic acids is 1. The van der Waals surface area contributed by atoms with Crippen molar-refractivity contribution in [3.05, 3.63) is 24.3 Å². The van der Waals surface area contributed by atoms with Crippen LogP contribution in [0.25, 0.3) is 0 Å². The van der Waals surface area contributed by atoms with Crippen molar-refractivity contribution in [1.82, 2.24) is 10.2 Å². The number of ether oxygens (including phenoxy) is 1. The molecular formula is C18H26N4O4S3. The van der Waals surface area contributed by atoms with E-state index in [0.29, 0.717) is 29.6 Å². The fourth-order valence-electron chi connectivity index (χ4n) is 2.61. The first-order chi connectivity index (χ1) is 13.8. The number of nitrogens with one attached hydrogen (secondary N) is 1. The number of amides is 1. The van der Waals surface area contributed by atoms with Crippen LogP contribution in [0, 0.1) is 0 Å². The zero-order valence-corrected chi connectivity index (χ0v) is 19.4.